The molecule has 0 saturated heterocycles. The van der Waals surface area contributed by atoms with E-state index in [0.29, 0.717) is 6.61 Å². The Morgan fingerprint density at radius 1 is 1.00 bits per heavy atom. The van der Waals surface area contributed by atoms with Gasteiger partial charge >= 0.3 is 29.6 Å². The van der Waals surface area contributed by atoms with Crippen LogP contribution in [0.3, 0.4) is 0 Å². The maximum atomic E-state index is 9.94. The van der Waals surface area contributed by atoms with Crippen molar-refractivity contribution in [3.8, 4) is 0 Å². The summed E-state index contributed by atoms with van der Waals surface area (Å²) in [5, 5.41) is 9.94. The fourth-order valence-corrected chi connectivity index (χ4v) is 0.969. The summed E-state index contributed by atoms with van der Waals surface area (Å²) in [6, 6.07) is 0. The Bertz CT molecular complexity index is 61.5. The second-order valence-electron chi connectivity index (χ2n) is 2.73. The standard InChI is InChI=1S/C9H19O2.Na/c1-2-3-4-5-6-8-11-9-7-10;/h2-9H2,1H3;/q-1;+1. The molecule has 0 saturated carbocycles. The minimum atomic E-state index is -0.102. The van der Waals surface area contributed by atoms with Gasteiger partial charge in [0.05, 0.1) is 0 Å². The van der Waals surface area contributed by atoms with Crippen molar-refractivity contribution in [2.24, 2.45) is 0 Å². The van der Waals surface area contributed by atoms with Gasteiger partial charge in [0.1, 0.15) is 0 Å². The molecular formula is C9H19NaO2. The summed E-state index contributed by atoms with van der Waals surface area (Å²) in [5.41, 5.74) is 0. The summed E-state index contributed by atoms with van der Waals surface area (Å²) < 4.78 is 5.05. The molecule has 0 amide bonds. The van der Waals surface area contributed by atoms with Crippen molar-refractivity contribution in [1.82, 2.24) is 0 Å². The van der Waals surface area contributed by atoms with E-state index in [1.807, 2.05) is 0 Å². The van der Waals surface area contributed by atoms with Gasteiger partial charge in [0, 0.05) is 13.2 Å². The number of hydrogen-bond donors (Lipinski definition) is 0. The van der Waals surface area contributed by atoms with E-state index in [1.165, 1.54) is 25.7 Å². The topological polar surface area (TPSA) is 32.3 Å². The molecule has 0 aromatic heterocycles. The van der Waals surface area contributed by atoms with Crippen LogP contribution in [-0.4, -0.2) is 19.8 Å². The molecule has 68 valence electrons. The van der Waals surface area contributed by atoms with Crippen LogP contribution in [0.2, 0.25) is 0 Å². The molecule has 0 aliphatic carbocycles. The quantitative estimate of drug-likeness (QED) is 0.332. The van der Waals surface area contributed by atoms with Crippen molar-refractivity contribution >= 4 is 0 Å². The SMILES string of the molecule is CCCCCCCOCC[O-].[Na+]. The molecule has 0 heterocycles. The minimum absolute atomic E-state index is 0. The Hall–Kier alpha value is 0.920. The second kappa shape index (κ2) is 14.4. The molecule has 0 aromatic rings. The van der Waals surface area contributed by atoms with E-state index in [2.05, 4.69) is 6.92 Å². The van der Waals surface area contributed by atoms with Crippen LogP contribution in [-0.2, 0) is 4.74 Å². The molecule has 0 rings (SSSR count). The first-order chi connectivity index (χ1) is 5.41. The molecule has 3 heteroatoms. The number of hydrogen-bond acceptors (Lipinski definition) is 2. The third-order valence-electron chi connectivity index (χ3n) is 1.62. The van der Waals surface area contributed by atoms with Gasteiger partial charge < -0.3 is 9.84 Å². The first kappa shape index (κ1) is 15.4. The molecule has 0 N–H and O–H groups in total. The van der Waals surface area contributed by atoms with Crippen LogP contribution in [0, 0.1) is 0 Å². The van der Waals surface area contributed by atoms with Gasteiger partial charge in [0.2, 0.25) is 0 Å². The van der Waals surface area contributed by atoms with E-state index in [9.17, 15) is 5.11 Å². The van der Waals surface area contributed by atoms with Crippen molar-refractivity contribution < 1.29 is 39.4 Å². The normalized spacial score (nSPS) is 9.50. The molecule has 0 aromatic carbocycles. The van der Waals surface area contributed by atoms with Gasteiger partial charge in [0.25, 0.3) is 0 Å². The molecule has 0 bridgehead atoms. The maximum Gasteiger partial charge on any atom is 1.00 e. The van der Waals surface area contributed by atoms with Crippen LogP contribution in [0.1, 0.15) is 39.0 Å². The summed E-state index contributed by atoms with van der Waals surface area (Å²) in [4.78, 5) is 0. The number of unbranched alkanes of at least 4 members (excludes halogenated alkanes) is 4. The molecule has 0 radical (unpaired) electrons. The average Bonchev–Trinajstić information content (AvgIpc) is 2.03. The third-order valence-corrected chi connectivity index (χ3v) is 1.62. The monoisotopic (exact) mass is 182 g/mol. The predicted octanol–water partition coefficient (Wildman–Crippen LogP) is -1.66. The van der Waals surface area contributed by atoms with Gasteiger partial charge in [-0.25, -0.2) is 0 Å². The summed E-state index contributed by atoms with van der Waals surface area (Å²) in [7, 11) is 0. The van der Waals surface area contributed by atoms with Crippen LogP contribution >= 0.6 is 0 Å². The van der Waals surface area contributed by atoms with E-state index in [0.717, 1.165) is 13.0 Å². The molecule has 0 unspecified atom stereocenters. The van der Waals surface area contributed by atoms with Crippen molar-refractivity contribution in [2.75, 3.05) is 19.8 Å². The maximum absolute atomic E-state index is 9.94. The van der Waals surface area contributed by atoms with Gasteiger partial charge in [-0.05, 0) is 6.42 Å². The van der Waals surface area contributed by atoms with Crippen LogP contribution in [0.15, 0.2) is 0 Å². The fourth-order valence-electron chi connectivity index (χ4n) is 0.969. The first-order valence-electron chi connectivity index (χ1n) is 4.57. The van der Waals surface area contributed by atoms with Crippen molar-refractivity contribution in [2.45, 2.75) is 39.0 Å². The Morgan fingerprint density at radius 3 is 2.25 bits per heavy atom. The largest absolute Gasteiger partial charge is 1.00 e. The van der Waals surface area contributed by atoms with Gasteiger partial charge in [-0.15, -0.1) is 6.61 Å². The molecule has 0 aliphatic heterocycles. The van der Waals surface area contributed by atoms with Crippen LogP contribution in [0.5, 0.6) is 0 Å². The molecule has 2 nitrogen and oxygen atoms in total. The Balaban J connectivity index is 0. The van der Waals surface area contributed by atoms with Gasteiger partial charge in [0.15, 0.2) is 0 Å². The first-order valence-corrected chi connectivity index (χ1v) is 4.57. The van der Waals surface area contributed by atoms with Crippen LogP contribution in [0.4, 0.5) is 0 Å². The number of rotatable bonds is 8. The zero-order valence-electron chi connectivity index (χ0n) is 8.47. The molecule has 0 aliphatic rings. The summed E-state index contributed by atoms with van der Waals surface area (Å²) >= 11 is 0. The second-order valence-corrected chi connectivity index (χ2v) is 2.73. The smallest absolute Gasteiger partial charge is 0.853 e. The Kier molecular flexibility index (Phi) is 18.5. The summed E-state index contributed by atoms with van der Waals surface area (Å²) in [5.74, 6) is 0. The van der Waals surface area contributed by atoms with Crippen LogP contribution in [0.25, 0.3) is 0 Å². The van der Waals surface area contributed by atoms with Crippen molar-refractivity contribution in [1.29, 1.82) is 0 Å². The Morgan fingerprint density at radius 2 is 1.67 bits per heavy atom. The van der Waals surface area contributed by atoms with E-state index < -0.39 is 0 Å². The van der Waals surface area contributed by atoms with Gasteiger partial charge in [-0.2, -0.15) is 0 Å². The predicted molar refractivity (Wildman–Crippen MR) is 44.4 cm³/mol. The molecule has 12 heavy (non-hydrogen) atoms. The Labute approximate surface area is 98.0 Å². The molecular weight excluding hydrogens is 163 g/mol. The van der Waals surface area contributed by atoms with E-state index in [-0.39, 0.29) is 36.2 Å². The van der Waals surface area contributed by atoms with Crippen LogP contribution < -0.4 is 34.7 Å². The minimum Gasteiger partial charge on any atom is -0.853 e. The average molecular weight is 182 g/mol. The molecule has 0 atom stereocenters. The number of ether oxygens (including phenoxy) is 1. The van der Waals surface area contributed by atoms with E-state index >= 15 is 0 Å². The third kappa shape index (κ3) is 13.5. The van der Waals surface area contributed by atoms with E-state index in [1.54, 1.807) is 0 Å². The van der Waals surface area contributed by atoms with Gasteiger partial charge in [-0.1, -0.05) is 32.6 Å². The van der Waals surface area contributed by atoms with Gasteiger partial charge in [-0.3, -0.25) is 0 Å². The van der Waals surface area contributed by atoms with Crippen molar-refractivity contribution in [3.63, 3.8) is 0 Å². The molecule has 0 spiro atoms. The van der Waals surface area contributed by atoms with Crippen molar-refractivity contribution in [3.05, 3.63) is 0 Å². The summed E-state index contributed by atoms with van der Waals surface area (Å²) in [6.07, 6.45) is 6.26. The summed E-state index contributed by atoms with van der Waals surface area (Å²) in [6.45, 7) is 3.25. The molecule has 0 fully saturated rings. The van der Waals surface area contributed by atoms with E-state index in [4.69, 9.17) is 4.74 Å². The fraction of sp³-hybridized carbons (Fsp3) is 1.00. The zero-order valence-corrected chi connectivity index (χ0v) is 10.5. The zero-order chi connectivity index (χ0) is 8.36.